The highest BCUT2D eigenvalue weighted by Gasteiger charge is 2.49. The van der Waals surface area contributed by atoms with Gasteiger partial charge in [0.1, 0.15) is 0 Å². The summed E-state index contributed by atoms with van der Waals surface area (Å²) >= 11 is 0. The molecule has 3 saturated heterocycles. The van der Waals surface area contributed by atoms with Crippen LogP contribution >= 0.6 is 0 Å². The zero-order chi connectivity index (χ0) is 18.4. The van der Waals surface area contributed by atoms with E-state index in [4.69, 9.17) is 4.74 Å². The maximum absolute atomic E-state index is 12.9. The average Bonchev–Trinajstić information content (AvgIpc) is 3.35. The monoisotopic (exact) mass is 369 g/mol. The first-order valence-corrected chi connectivity index (χ1v) is 10.2. The Balaban J connectivity index is 1.30. The van der Waals surface area contributed by atoms with Gasteiger partial charge in [0.2, 0.25) is 5.91 Å². The van der Waals surface area contributed by atoms with Crippen molar-refractivity contribution in [2.75, 3.05) is 6.61 Å². The number of hydrogen-bond acceptors (Lipinski definition) is 4. The van der Waals surface area contributed by atoms with Crippen molar-refractivity contribution in [3.8, 4) is 0 Å². The third-order valence-electron chi connectivity index (χ3n) is 6.61. The molecule has 3 aliphatic rings. The topological polar surface area (TPSA) is 67.6 Å². The molecule has 2 bridgehead atoms. The highest BCUT2D eigenvalue weighted by atomic mass is 16.5. The highest BCUT2D eigenvalue weighted by molar-refractivity contribution is 5.79. The van der Waals surface area contributed by atoms with Crippen molar-refractivity contribution >= 4 is 16.8 Å². The van der Waals surface area contributed by atoms with Crippen LogP contribution in [-0.4, -0.2) is 55.9 Å². The fourth-order valence-corrected chi connectivity index (χ4v) is 5.45. The van der Waals surface area contributed by atoms with Gasteiger partial charge in [-0.1, -0.05) is 0 Å². The molecule has 5 rings (SSSR count). The molecule has 0 unspecified atom stereocenters. The Morgan fingerprint density at radius 3 is 2.81 bits per heavy atom. The Morgan fingerprint density at radius 2 is 2.07 bits per heavy atom. The van der Waals surface area contributed by atoms with Crippen LogP contribution in [0, 0.1) is 0 Å². The van der Waals surface area contributed by atoms with Gasteiger partial charge in [-0.3, -0.25) is 9.78 Å². The molecule has 2 aromatic rings. The largest absolute Gasteiger partial charge is 0.388 e. The number of rotatable bonds is 4. The first-order chi connectivity index (χ1) is 13.1. The van der Waals surface area contributed by atoms with Gasteiger partial charge in [0, 0.05) is 36.5 Å². The molecule has 0 saturated carbocycles. The van der Waals surface area contributed by atoms with E-state index < -0.39 is 5.60 Å². The zero-order valence-corrected chi connectivity index (χ0v) is 15.6. The van der Waals surface area contributed by atoms with E-state index in [1.807, 2.05) is 18.5 Å². The van der Waals surface area contributed by atoms with Crippen LogP contribution in [0.4, 0.5) is 0 Å². The Morgan fingerprint density at radius 1 is 1.26 bits per heavy atom. The maximum Gasteiger partial charge on any atom is 0.225 e. The SMILES string of the molecule is O=C(C[C@H]1CCCO1)N1[C@H]2CC[C@H]1CC(O)(Cn1ccc3ccncc31)C2. The van der Waals surface area contributed by atoms with Crippen molar-refractivity contribution in [3.05, 3.63) is 30.7 Å². The van der Waals surface area contributed by atoms with Crippen LogP contribution < -0.4 is 0 Å². The Hall–Kier alpha value is -1.92. The first-order valence-electron chi connectivity index (χ1n) is 10.2. The summed E-state index contributed by atoms with van der Waals surface area (Å²) in [6.07, 6.45) is 11.6. The number of pyridine rings is 1. The predicted octanol–water partition coefficient (Wildman–Crippen LogP) is 2.49. The molecule has 144 valence electrons. The molecule has 27 heavy (non-hydrogen) atoms. The normalized spacial score (nSPS) is 33.1. The molecule has 6 nitrogen and oxygen atoms in total. The van der Waals surface area contributed by atoms with Crippen LogP contribution in [0.15, 0.2) is 30.7 Å². The highest BCUT2D eigenvalue weighted by Crippen LogP contribution is 2.42. The molecular formula is C21H27N3O3. The summed E-state index contributed by atoms with van der Waals surface area (Å²) in [5.74, 6) is 0.215. The second-order valence-electron chi connectivity index (χ2n) is 8.54. The van der Waals surface area contributed by atoms with Crippen molar-refractivity contribution in [3.63, 3.8) is 0 Å². The smallest absolute Gasteiger partial charge is 0.225 e. The van der Waals surface area contributed by atoms with E-state index in [2.05, 4.69) is 20.5 Å². The van der Waals surface area contributed by atoms with Gasteiger partial charge in [0.15, 0.2) is 0 Å². The molecule has 3 atom stereocenters. The minimum Gasteiger partial charge on any atom is -0.388 e. The van der Waals surface area contributed by atoms with Crippen LogP contribution in [0.5, 0.6) is 0 Å². The standard InChI is InChI=1S/C21H27N3O3/c25-20(10-18-2-1-9-27-18)24-16-3-4-17(24)12-21(26,11-16)14-23-8-6-15-5-7-22-13-19(15)23/h5-8,13,16-18,26H,1-4,9-12,14H2/t16-,17-,18+/m0/s1. The van der Waals surface area contributed by atoms with Crippen LogP contribution in [0.25, 0.3) is 10.9 Å². The first kappa shape index (κ1) is 17.2. The number of carbonyl (C=O) groups is 1. The fraction of sp³-hybridized carbons (Fsp3) is 0.619. The second kappa shape index (κ2) is 6.60. The van der Waals surface area contributed by atoms with Gasteiger partial charge in [-0.05, 0) is 50.7 Å². The van der Waals surface area contributed by atoms with E-state index in [9.17, 15) is 9.90 Å². The minimum atomic E-state index is -0.770. The number of nitrogens with zero attached hydrogens (tertiary/aromatic N) is 3. The third-order valence-corrected chi connectivity index (χ3v) is 6.61. The van der Waals surface area contributed by atoms with E-state index in [1.165, 1.54) is 0 Å². The predicted molar refractivity (Wildman–Crippen MR) is 101 cm³/mol. The summed E-state index contributed by atoms with van der Waals surface area (Å²) in [5.41, 5.74) is 0.281. The van der Waals surface area contributed by atoms with E-state index in [0.29, 0.717) is 25.8 Å². The third kappa shape index (κ3) is 3.15. The summed E-state index contributed by atoms with van der Waals surface area (Å²) < 4.78 is 7.75. The molecule has 3 fully saturated rings. The molecule has 1 N–H and O–H groups in total. The van der Waals surface area contributed by atoms with E-state index in [-0.39, 0.29) is 24.1 Å². The number of piperidine rings is 1. The molecule has 2 aromatic heterocycles. The molecular weight excluding hydrogens is 342 g/mol. The van der Waals surface area contributed by atoms with Gasteiger partial charge >= 0.3 is 0 Å². The molecule has 0 spiro atoms. The van der Waals surface area contributed by atoms with Gasteiger partial charge in [0.25, 0.3) is 0 Å². The second-order valence-corrected chi connectivity index (χ2v) is 8.54. The number of ether oxygens (including phenoxy) is 1. The minimum absolute atomic E-state index is 0.0939. The van der Waals surface area contributed by atoms with Crippen LogP contribution in [0.2, 0.25) is 0 Å². The average molecular weight is 369 g/mol. The Labute approximate surface area is 159 Å². The van der Waals surface area contributed by atoms with Gasteiger partial charge in [-0.25, -0.2) is 0 Å². The van der Waals surface area contributed by atoms with Crippen molar-refractivity contribution in [2.45, 2.75) is 75.3 Å². The number of aromatic nitrogens is 2. The molecule has 3 aliphatic heterocycles. The summed E-state index contributed by atoms with van der Waals surface area (Å²) in [6, 6.07) is 4.37. The van der Waals surface area contributed by atoms with Crippen molar-refractivity contribution in [1.82, 2.24) is 14.5 Å². The molecule has 5 heterocycles. The quantitative estimate of drug-likeness (QED) is 0.899. The molecule has 6 heteroatoms. The van der Waals surface area contributed by atoms with Crippen molar-refractivity contribution < 1.29 is 14.6 Å². The Kier molecular flexibility index (Phi) is 4.20. The molecule has 0 aromatic carbocycles. The van der Waals surface area contributed by atoms with Gasteiger partial charge in [0.05, 0.1) is 36.4 Å². The van der Waals surface area contributed by atoms with Gasteiger partial charge in [-0.2, -0.15) is 0 Å². The summed E-state index contributed by atoms with van der Waals surface area (Å²) in [6.45, 7) is 1.34. The van der Waals surface area contributed by atoms with Crippen LogP contribution in [0.1, 0.15) is 44.9 Å². The van der Waals surface area contributed by atoms with Gasteiger partial charge in [-0.15, -0.1) is 0 Å². The molecule has 0 radical (unpaired) electrons. The summed E-state index contributed by atoms with van der Waals surface area (Å²) in [5, 5.41) is 12.5. The lowest BCUT2D eigenvalue weighted by Crippen LogP contribution is -2.55. The number of amides is 1. The number of aliphatic hydroxyl groups is 1. The van der Waals surface area contributed by atoms with E-state index >= 15 is 0 Å². The lowest BCUT2D eigenvalue weighted by atomic mass is 9.85. The van der Waals surface area contributed by atoms with Gasteiger partial charge < -0.3 is 19.3 Å². The number of carbonyl (C=O) groups excluding carboxylic acids is 1. The summed E-state index contributed by atoms with van der Waals surface area (Å²) in [7, 11) is 0. The maximum atomic E-state index is 12.9. The van der Waals surface area contributed by atoms with E-state index in [0.717, 1.165) is 43.2 Å². The molecule has 0 aliphatic carbocycles. The lowest BCUT2D eigenvalue weighted by molar-refractivity contribution is -0.144. The van der Waals surface area contributed by atoms with Crippen molar-refractivity contribution in [1.29, 1.82) is 0 Å². The fourth-order valence-electron chi connectivity index (χ4n) is 5.45. The van der Waals surface area contributed by atoms with Crippen molar-refractivity contribution in [2.24, 2.45) is 0 Å². The van der Waals surface area contributed by atoms with E-state index in [1.54, 1.807) is 6.20 Å². The molecule has 1 amide bonds. The number of fused-ring (bicyclic) bond motifs is 3. The zero-order valence-electron chi connectivity index (χ0n) is 15.6. The summed E-state index contributed by atoms with van der Waals surface area (Å²) in [4.78, 5) is 19.2. The Bertz CT molecular complexity index is 828. The number of hydrogen-bond donors (Lipinski definition) is 1. The van der Waals surface area contributed by atoms with Crippen LogP contribution in [0.3, 0.4) is 0 Å². The van der Waals surface area contributed by atoms with Crippen LogP contribution in [-0.2, 0) is 16.1 Å². The lowest BCUT2D eigenvalue weighted by Gasteiger charge is -2.44.